The number of alkyl halides is 3. The van der Waals surface area contributed by atoms with Crippen molar-refractivity contribution in [1.29, 1.82) is 0 Å². The molecule has 1 N–H and O–H groups in total. The van der Waals surface area contributed by atoms with Gasteiger partial charge in [0, 0.05) is 39.1 Å². The van der Waals surface area contributed by atoms with E-state index in [4.69, 9.17) is 16.3 Å². The van der Waals surface area contributed by atoms with Gasteiger partial charge in [-0.3, -0.25) is 9.59 Å². The van der Waals surface area contributed by atoms with E-state index in [2.05, 4.69) is 5.32 Å². The molecule has 1 aliphatic heterocycles. The van der Waals surface area contributed by atoms with Crippen LogP contribution in [-0.4, -0.2) is 38.1 Å². The van der Waals surface area contributed by atoms with E-state index in [0.717, 1.165) is 23.1 Å². The van der Waals surface area contributed by atoms with Crippen molar-refractivity contribution in [2.75, 3.05) is 31.2 Å². The molecule has 0 spiro atoms. The molecular formula is C17H20ClF3N2O3. The number of rotatable bonds is 5. The molecule has 1 aromatic rings. The molecule has 0 radical (unpaired) electrons. The third-order valence-electron chi connectivity index (χ3n) is 4.17. The molecule has 5 nitrogen and oxygen atoms in total. The van der Waals surface area contributed by atoms with Gasteiger partial charge >= 0.3 is 6.18 Å². The van der Waals surface area contributed by atoms with Crippen LogP contribution in [0.25, 0.3) is 0 Å². The average molecular weight is 393 g/mol. The number of hydrogen-bond acceptors (Lipinski definition) is 3. The SMILES string of the molecule is CC(=O)N(CCNC(=O)C1CCOCC1)c1cc(C(F)(F)F)ccc1Cl. The molecule has 1 aromatic carbocycles. The summed E-state index contributed by atoms with van der Waals surface area (Å²) in [6.45, 7) is 2.42. The van der Waals surface area contributed by atoms with Gasteiger partial charge in [-0.2, -0.15) is 13.2 Å². The molecule has 1 heterocycles. The van der Waals surface area contributed by atoms with Crippen LogP contribution in [0.1, 0.15) is 25.3 Å². The minimum atomic E-state index is -4.54. The first kappa shape index (κ1) is 20.5. The fourth-order valence-electron chi connectivity index (χ4n) is 2.74. The first-order valence-electron chi connectivity index (χ1n) is 8.20. The Morgan fingerprint density at radius 1 is 1.31 bits per heavy atom. The summed E-state index contributed by atoms with van der Waals surface area (Å²) in [5.74, 6) is -0.759. The van der Waals surface area contributed by atoms with Crippen LogP contribution >= 0.6 is 11.6 Å². The molecule has 0 bridgehead atoms. The van der Waals surface area contributed by atoms with E-state index >= 15 is 0 Å². The summed E-state index contributed by atoms with van der Waals surface area (Å²) < 4.78 is 43.9. The van der Waals surface area contributed by atoms with Crippen molar-refractivity contribution in [2.24, 2.45) is 5.92 Å². The van der Waals surface area contributed by atoms with Crippen LogP contribution in [0.15, 0.2) is 18.2 Å². The summed E-state index contributed by atoms with van der Waals surface area (Å²) >= 11 is 5.99. The zero-order valence-corrected chi connectivity index (χ0v) is 15.0. The van der Waals surface area contributed by atoms with Gasteiger partial charge in [-0.1, -0.05) is 11.6 Å². The Kier molecular flexibility index (Phi) is 6.88. The number of nitrogens with one attached hydrogen (secondary N) is 1. The molecule has 0 aliphatic carbocycles. The lowest BCUT2D eigenvalue weighted by Crippen LogP contribution is -2.41. The average Bonchev–Trinajstić information content (AvgIpc) is 2.59. The second-order valence-corrected chi connectivity index (χ2v) is 6.42. The summed E-state index contributed by atoms with van der Waals surface area (Å²) in [5, 5.41) is 2.75. The Balaban J connectivity index is 2.05. The minimum Gasteiger partial charge on any atom is -0.381 e. The molecule has 0 saturated carbocycles. The van der Waals surface area contributed by atoms with Crippen LogP contribution < -0.4 is 10.2 Å². The standard InChI is InChI=1S/C17H20ClF3N2O3/c1-11(24)23(7-6-22-16(25)12-4-8-26-9-5-12)15-10-13(17(19,20)21)2-3-14(15)18/h2-3,10,12H,4-9H2,1H3,(H,22,25). The summed E-state index contributed by atoms with van der Waals surface area (Å²) in [6.07, 6.45) is -3.29. The number of nitrogens with zero attached hydrogens (tertiary/aromatic N) is 1. The number of carbonyl (C=O) groups is 2. The monoisotopic (exact) mass is 392 g/mol. The Morgan fingerprint density at radius 2 is 1.96 bits per heavy atom. The van der Waals surface area contributed by atoms with Gasteiger partial charge in [0.25, 0.3) is 0 Å². The number of carbonyl (C=O) groups excluding carboxylic acids is 2. The largest absolute Gasteiger partial charge is 0.416 e. The first-order valence-corrected chi connectivity index (χ1v) is 8.58. The molecule has 0 atom stereocenters. The molecule has 2 rings (SSSR count). The lowest BCUT2D eigenvalue weighted by atomic mass is 9.99. The fraction of sp³-hybridized carbons (Fsp3) is 0.529. The molecule has 2 amide bonds. The summed E-state index contributed by atoms with van der Waals surface area (Å²) in [5.41, 5.74) is -0.927. The molecule has 1 fully saturated rings. The summed E-state index contributed by atoms with van der Waals surface area (Å²) in [6, 6.07) is 2.80. The Bertz CT molecular complexity index is 661. The number of benzene rings is 1. The summed E-state index contributed by atoms with van der Waals surface area (Å²) in [4.78, 5) is 25.1. The number of halogens is 4. The van der Waals surface area contributed by atoms with Crippen molar-refractivity contribution < 1.29 is 27.5 Å². The molecule has 9 heteroatoms. The molecule has 0 aromatic heterocycles. The van der Waals surface area contributed by atoms with Gasteiger partial charge in [0.05, 0.1) is 16.3 Å². The van der Waals surface area contributed by atoms with Gasteiger partial charge < -0.3 is 15.0 Å². The van der Waals surface area contributed by atoms with Gasteiger partial charge in [0.15, 0.2) is 0 Å². The van der Waals surface area contributed by atoms with Gasteiger partial charge in [-0.05, 0) is 31.0 Å². The van der Waals surface area contributed by atoms with E-state index in [0.29, 0.717) is 26.1 Å². The number of anilines is 1. The Labute approximate surface area is 154 Å². The van der Waals surface area contributed by atoms with Crippen LogP contribution in [0.3, 0.4) is 0 Å². The van der Waals surface area contributed by atoms with Crippen LogP contribution in [0, 0.1) is 5.92 Å². The van der Waals surface area contributed by atoms with E-state index in [1.165, 1.54) is 6.92 Å². The first-order chi connectivity index (χ1) is 12.2. The predicted octanol–water partition coefficient (Wildman–Crippen LogP) is 3.25. The van der Waals surface area contributed by atoms with Gasteiger partial charge in [0.2, 0.25) is 11.8 Å². The molecule has 144 valence electrons. The smallest absolute Gasteiger partial charge is 0.381 e. The zero-order chi connectivity index (χ0) is 19.3. The number of ether oxygens (including phenoxy) is 1. The summed E-state index contributed by atoms with van der Waals surface area (Å²) in [7, 11) is 0. The van der Waals surface area contributed by atoms with Crippen molar-refractivity contribution in [2.45, 2.75) is 25.9 Å². The topological polar surface area (TPSA) is 58.6 Å². The molecule has 26 heavy (non-hydrogen) atoms. The Morgan fingerprint density at radius 3 is 2.54 bits per heavy atom. The third-order valence-corrected chi connectivity index (χ3v) is 4.49. The molecule has 1 aliphatic rings. The van der Waals surface area contributed by atoms with E-state index in [-0.39, 0.29) is 35.6 Å². The highest BCUT2D eigenvalue weighted by molar-refractivity contribution is 6.33. The van der Waals surface area contributed by atoms with E-state index < -0.39 is 17.6 Å². The number of amides is 2. The lowest BCUT2D eigenvalue weighted by Gasteiger charge is -2.25. The maximum atomic E-state index is 12.9. The molecule has 1 saturated heterocycles. The van der Waals surface area contributed by atoms with Crippen LogP contribution in [0.4, 0.5) is 18.9 Å². The maximum Gasteiger partial charge on any atom is 0.416 e. The third kappa shape index (κ3) is 5.35. The predicted molar refractivity (Wildman–Crippen MR) is 91.0 cm³/mol. The van der Waals surface area contributed by atoms with Crippen LogP contribution in [-0.2, 0) is 20.5 Å². The highest BCUT2D eigenvalue weighted by Gasteiger charge is 2.32. The van der Waals surface area contributed by atoms with Crippen LogP contribution in [0.5, 0.6) is 0 Å². The highest BCUT2D eigenvalue weighted by Crippen LogP contribution is 2.35. The lowest BCUT2D eigenvalue weighted by molar-refractivity contribution is -0.137. The van der Waals surface area contributed by atoms with Crippen molar-refractivity contribution in [3.8, 4) is 0 Å². The number of hydrogen-bond donors (Lipinski definition) is 1. The van der Waals surface area contributed by atoms with Crippen LogP contribution in [0.2, 0.25) is 5.02 Å². The van der Waals surface area contributed by atoms with Gasteiger partial charge in [0.1, 0.15) is 0 Å². The second-order valence-electron chi connectivity index (χ2n) is 6.01. The van der Waals surface area contributed by atoms with E-state index in [1.807, 2.05) is 0 Å². The molecule has 0 unspecified atom stereocenters. The second kappa shape index (κ2) is 8.73. The van der Waals surface area contributed by atoms with Gasteiger partial charge in [-0.25, -0.2) is 0 Å². The van der Waals surface area contributed by atoms with Crippen molar-refractivity contribution >= 4 is 29.1 Å². The van der Waals surface area contributed by atoms with Gasteiger partial charge in [-0.15, -0.1) is 0 Å². The maximum absolute atomic E-state index is 12.9. The van der Waals surface area contributed by atoms with Crippen molar-refractivity contribution in [3.05, 3.63) is 28.8 Å². The molecular weight excluding hydrogens is 373 g/mol. The Hall–Kier alpha value is -1.80. The fourth-order valence-corrected chi connectivity index (χ4v) is 2.96. The van der Waals surface area contributed by atoms with E-state index in [1.54, 1.807) is 0 Å². The van der Waals surface area contributed by atoms with Crippen molar-refractivity contribution in [3.63, 3.8) is 0 Å². The quantitative estimate of drug-likeness (QED) is 0.836. The van der Waals surface area contributed by atoms with Crippen molar-refractivity contribution in [1.82, 2.24) is 5.32 Å². The minimum absolute atomic E-state index is 0.0192. The van der Waals surface area contributed by atoms with E-state index in [9.17, 15) is 22.8 Å². The normalized spacial score (nSPS) is 15.6. The highest BCUT2D eigenvalue weighted by atomic mass is 35.5. The zero-order valence-electron chi connectivity index (χ0n) is 14.2.